The highest BCUT2D eigenvalue weighted by molar-refractivity contribution is 5.98. The summed E-state index contributed by atoms with van der Waals surface area (Å²) in [4.78, 5) is 27.0. The molecule has 1 unspecified atom stereocenters. The van der Waals surface area contributed by atoms with Crippen LogP contribution in [-0.2, 0) is 9.47 Å². The van der Waals surface area contributed by atoms with Crippen molar-refractivity contribution in [1.29, 1.82) is 0 Å². The molecule has 0 bridgehead atoms. The Balaban J connectivity index is 1.55. The SMILES string of the molecule is COC(=O)N1CCN(c2nc3cc(F)cc(F)c3c(Nc3cncc(N4CCOCC4)c3)c2C)C(C)C1. The average Bonchev–Trinajstić information content (AvgIpc) is 2.90. The number of aromatic nitrogens is 2. The van der Waals surface area contributed by atoms with Crippen LogP contribution >= 0.6 is 0 Å². The Kier molecular flexibility index (Phi) is 6.96. The van der Waals surface area contributed by atoms with Crippen LogP contribution in [0.15, 0.2) is 30.6 Å². The van der Waals surface area contributed by atoms with Crippen LogP contribution in [0.3, 0.4) is 0 Å². The first-order chi connectivity index (χ1) is 17.9. The number of carbonyl (C=O) groups is 1. The largest absolute Gasteiger partial charge is 0.453 e. The normalized spacial score (nSPS) is 18.3. The van der Waals surface area contributed by atoms with Crippen molar-refractivity contribution >= 4 is 39.9 Å². The maximum atomic E-state index is 15.2. The van der Waals surface area contributed by atoms with Gasteiger partial charge in [-0.3, -0.25) is 4.98 Å². The average molecular weight is 513 g/mol. The molecule has 11 heteroatoms. The van der Waals surface area contributed by atoms with Crippen LogP contribution < -0.4 is 15.1 Å². The highest BCUT2D eigenvalue weighted by Crippen LogP contribution is 2.38. The maximum absolute atomic E-state index is 15.2. The standard InChI is InChI=1S/C26H30F2N6O3/c1-16-15-33(26(35)36-3)4-5-34(16)25-17(2)24(23-21(28)10-18(27)11-22(23)31-25)30-19-12-20(14-29-13-19)32-6-8-37-9-7-32/h10-14,16H,4-9,15H2,1-3H3,(H,30,31). The van der Waals surface area contributed by atoms with Gasteiger partial charge in [0.1, 0.15) is 17.5 Å². The highest BCUT2D eigenvalue weighted by Gasteiger charge is 2.30. The van der Waals surface area contributed by atoms with Crippen molar-refractivity contribution < 1.29 is 23.0 Å². The summed E-state index contributed by atoms with van der Waals surface area (Å²) >= 11 is 0. The zero-order chi connectivity index (χ0) is 26.1. The Hall–Kier alpha value is -3.73. The predicted octanol–water partition coefficient (Wildman–Crippen LogP) is 4.07. The number of hydrogen-bond acceptors (Lipinski definition) is 8. The molecule has 1 aromatic carbocycles. The van der Waals surface area contributed by atoms with Crippen molar-refractivity contribution in [2.45, 2.75) is 19.9 Å². The van der Waals surface area contributed by atoms with Crippen LogP contribution in [0, 0.1) is 18.6 Å². The van der Waals surface area contributed by atoms with E-state index in [0.717, 1.165) is 24.8 Å². The van der Waals surface area contributed by atoms with E-state index >= 15 is 4.39 Å². The van der Waals surface area contributed by atoms with E-state index in [1.54, 1.807) is 17.3 Å². The second kappa shape index (κ2) is 10.3. The maximum Gasteiger partial charge on any atom is 0.409 e. The first-order valence-corrected chi connectivity index (χ1v) is 12.3. The lowest BCUT2D eigenvalue weighted by atomic mass is 10.1. The smallest absolute Gasteiger partial charge is 0.409 e. The van der Waals surface area contributed by atoms with Crippen LogP contribution in [0.25, 0.3) is 10.9 Å². The third-order valence-corrected chi connectivity index (χ3v) is 6.92. The van der Waals surface area contributed by atoms with E-state index in [1.165, 1.54) is 13.2 Å². The van der Waals surface area contributed by atoms with Crippen molar-refractivity contribution in [3.05, 3.63) is 47.8 Å². The Morgan fingerprint density at radius 1 is 1.14 bits per heavy atom. The Labute approximate surface area is 214 Å². The first-order valence-electron chi connectivity index (χ1n) is 12.3. The number of methoxy groups -OCH3 is 1. The summed E-state index contributed by atoms with van der Waals surface area (Å²) in [7, 11) is 1.36. The zero-order valence-electron chi connectivity index (χ0n) is 21.1. The van der Waals surface area contributed by atoms with E-state index in [1.807, 2.05) is 19.9 Å². The Morgan fingerprint density at radius 2 is 1.92 bits per heavy atom. The summed E-state index contributed by atoms with van der Waals surface area (Å²) in [6, 6.07) is 3.98. The lowest BCUT2D eigenvalue weighted by Gasteiger charge is -2.40. The number of carbonyl (C=O) groups excluding carboxylic acids is 1. The molecule has 1 amide bonds. The molecule has 2 aromatic heterocycles. The molecule has 1 atom stereocenters. The number of anilines is 4. The van der Waals surface area contributed by atoms with E-state index in [2.05, 4.69) is 25.1 Å². The summed E-state index contributed by atoms with van der Waals surface area (Å²) in [6.45, 7) is 8.05. The van der Waals surface area contributed by atoms with Crippen LogP contribution in [0.2, 0.25) is 0 Å². The molecule has 2 saturated heterocycles. The second-order valence-electron chi connectivity index (χ2n) is 9.33. The number of fused-ring (bicyclic) bond motifs is 1. The van der Waals surface area contributed by atoms with Crippen molar-refractivity contribution in [2.24, 2.45) is 0 Å². The summed E-state index contributed by atoms with van der Waals surface area (Å²) in [5.41, 5.74) is 3.04. The molecule has 3 aromatic rings. The number of hydrogen-bond donors (Lipinski definition) is 1. The second-order valence-corrected chi connectivity index (χ2v) is 9.33. The Morgan fingerprint density at radius 3 is 2.65 bits per heavy atom. The summed E-state index contributed by atoms with van der Waals surface area (Å²) < 4.78 is 39.7. The summed E-state index contributed by atoms with van der Waals surface area (Å²) in [5, 5.41) is 3.56. The minimum Gasteiger partial charge on any atom is -0.453 e. The molecule has 4 heterocycles. The van der Waals surface area contributed by atoms with Gasteiger partial charge in [-0.1, -0.05) is 0 Å². The topological polar surface area (TPSA) is 83.1 Å². The van der Waals surface area contributed by atoms with E-state index in [0.29, 0.717) is 55.6 Å². The summed E-state index contributed by atoms with van der Waals surface area (Å²) in [5.74, 6) is -0.785. The molecule has 5 rings (SSSR count). The first kappa shape index (κ1) is 24.9. The third-order valence-electron chi connectivity index (χ3n) is 6.92. The number of morpholine rings is 1. The van der Waals surface area contributed by atoms with Gasteiger partial charge < -0.3 is 29.5 Å². The molecular formula is C26H30F2N6O3. The zero-order valence-corrected chi connectivity index (χ0v) is 21.1. The van der Waals surface area contributed by atoms with Gasteiger partial charge in [0.15, 0.2) is 0 Å². The van der Waals surface area contributed by atoms with E-state index < -0.39 is 11.6 Å². The third kappa shape index (κ3) is 4.95. The van der Waals surface area contributed by atoms with Gasteiger partial charge in [0.2, 0.25) is 0 Å². The quantitative estimate of drug-likeness (QED) is 0.560. The number of nitrogens with zero attached hydrogens (tertiary/aromatic N) is 5. The molecule has 1 N–H and O–H groups in total. The van der Waals surface area contributed by atoms with Gasteiger partial charge >= 0.3 is 6.09 Å². The fourth-order valence-corrected chi connectivity index (χ4v) is 5.03. The van der Waals surface area contributed by atoms with Gasteiger partial charge in [0.05, 0.1) is 60.7 Å². The molecule has 9 nitrogen and oxygen atoms in total. The lowest BCUT2D eigenvalue weighted by Crippen LogP contribution is -2.54. The number of halogens is 2. The van der Waals surface area contributed by atoms with Crippen molar-refractivity contribution in [2.75, 3.05) is 68.2 Å². The highest BCUT2D eigenvalue weighted by atomic mass is 19.1. The molecule has 2 aliphatic heterocycles. The number of piperazine rings is 1. The number of pyridine rings is 2. The minimum absolute atomic E-state index is 0.0888. The molecule has 0 radical (unpaired) electrons. The molecule has 37 heavy (non-hydrogen) atoms. The van der Waals surface area contributed by atoms with Crippen molar-refractivity contribution in [3.63, 3.8) is 0 Å². The van der Waals surface area contributed by atoms with E-state index in [4.69, 9.17) is 9.47 Å². The molecule has 2 fully saturated rings. The van der Waals surface area contributed by atoms with E-state index in [9.17, 15) is 9.18 Å². The van der Waals surface area contributed by atoms with Crippen molar-refractivity contribution in [1.82, 2.24) is 14.9 Å². The molecule has 196 valence electrons. The van der Waals surface area contributed by atoms with E-state index in [-0.39, 0.29) is 23.0 Å². The van der Waals surface area contributed by atoms with Gasteiger partial charge in [-0.15, -0.1) is 0 Å². The fourth-order valence-electron chi connectivity index (χ4n) is 5.03. The molecular weight excluding hydrogens is 482 g/mol. The van der Waals surface area contributed by atoms with Gasteiger partial charge in [0, 0.05) is 56.5 Å². The molecule has 0 saturated carbocycles. The minimum atomic E-state index is -0.696. The molecule has 0 aliphatic carbocycles. The molecule has 2 aliphatic rings. The van der Waals surface area contributed by atoms with Crippen LogP contribution in [0.1, 0.15) is 12.5 Å². The summed E-state index contributed by atoms with van der Waals surface area (Å²) in [6.07, 6.45) is 3.08. The number of amides is 1. The fraction of sp³-hybridized carbons (Fsp3) is 0.423. The van der Waals surface area contributed by atoms with Crippen molar-refractivity contribution in [3.8, 4) is 0 Å². The monoisotopic (exact) mass is 512 g/mol. The Bertz CT molecular complexity index is 1320. The van der Waals surface area contributed by atoms with Gasteiger partial charge in [-0.25, -0.2) is 18.6 Å². The van der Waals surface area contributed by atoms with Crippen LogP contribution in [0.5, 0.6) is 0 Å². The lowest BCUT2D eigenvalue weighted by molar-refractivity contribution is 0.115. The number of nitrogens with one attached hydrogen (secondary N) is 1. The van der Waals surface area contributed by atoms with Crippen LogP contribution in [0.4, 0.5) is 36.5 Å². The molecule has 0 spiro atoms. The van der Waals surface area contributed by atoms with Crippen LogP contribution in [-0.4, -0.2) is 80.1 Å². The van der Waals surface area contributed by atoms with Gasteiger partial charge in [0.25, 0.3) is 0 Å². The number of ether oxygens (including phenoxy) is 2. The van der Waals surface area contributed by atoms with Gasteiger partial charge in [-0.2, -0.15) is 0 Å². The number of benzene rings is 1. The van der Waals surface area contributed by atoms with Gasteiger partial charge in [-0.05, 0) is 19.9 Å². The number of rotatable bonds is 4. The predicted molar refractivity (Wildman–Crippen MR) is 138 cm³/mol.